The lowest BCUT2D eigenvalue weighted by Crippen LogP contribution is -1.94. The first-order valence-corrected chi connectivity index (χ1v) is 4.66. The molecule has 0 fully saturated rings. The van der Waals surface area contributed by atoms with Crippen LogP contribution in [-0.4, -0.2) is 6.54 Å². The summed E-state index contributed by atoms with van der Waals surface area (Å²) in [6.45, 7) is 2.65. The topological polar surface area (TPSA) is 26.0 Å². The largest absolute Gasteiger partial charge is 0.327 e. The van der Waals surface area contributed by atoms with Gasteiger partial charge in [-0.1, -0.05) is 40.2 Å². The van der Waals surface area contributed by atoms with E-state index in [9.17, 15) is 0 Å². The zero-order chi connectivity index (χ0) is 8.97. The fourth-order valence-corrected chi connectivity index (χ4v) is 1.67. The van der Waals surface area contributed by atoms with Crippen molar-refractivity contribution in [2.45, 2.75) is 6.92 Å². The van der Waals surface area contributed by atoms with Gasteiger partial charge in [-0.05, 0) is 24.1 Å². The summed E-state index contributed by atoms with van der Waals surface area (Å²) in [5.74, 6) is 0. The highest BCUT2D eigenvalue weighted by Gasteiger charge is 1.98. The highest BCUT2D eigenvalue weighted by molar-refractivity contribution is 9.10. The van der Waals surface area contributed by atoms with Gasteiger partial charge in [-0.15, -0.1) is 0 Å². The van der Waals surface area contributed by atoms with E-state index < -0.39 is 0 Å². The predicted molar refractivity (Wildman–Crippen MR) is 56.8 cm³/mol. The van der Waals surface area contributed by atoms with E-state index in [0.717, 1.165) is 4.47 Å². The monoisotopic (exact) mass is 225 g/mol. The SMILES string of the molecule is C/C(=C/CN)c1ccccc1Br. The van der Waals surface area contributed by atoms with E-state index in [1.165, 1.54) is 11.1 Å². The van der Waals surface area contributed by atoms with Crippen LogP contribution >= 0.6 is 15.9 Å². The number of hydrogen-bond acceptors (Lipinski definition) is 1. The van der Waals surface area contributed by atoms with Crippen LogP contribution in [-0.2, 0) is 0 Å². The molecule has 0 amide bonds. The summed E-state index contributed by atoms with van der Waals surface area (Å²) in [5.41, 5.74) is 7.85. The second kappa shape index (κ2) is 4.43. The van der Waals surface area contributed by atoms with Gasteiger partial charge in [0, 0.05) is 11.0 Å². The molecule has 0 aliphatic heterocycles. The smallest absolute Gasteiger partial charge is 0.0250 e. The molecule has 2 N–H and O–H groups in total. The summed E-state index contributed by atoms with van der Waals surface area (Å²) in [5, 5.41) is 0. The van der Waals surface area contributed by atoms with Gasteiger partial charge in [-0.3, -0.25) is 0 Å². The normalized spacial score (nSPS) is 11.8. The van der Waals surface area contributed by atoms with Crippen molar-refractivity contribution in [2.24, 2.45) is 5.73 Å². The Balaban J connectivity index is 3.02. The van der Waals surface area contributed by atoms with Crippen LogP contribution in [0.5, 0.6) is 0 Å². The van der Waals surface area contributed by atoms with E-state index in [0.29, 0.717) is 6.54 Å². The third-order valence-electron chi connectivity index (χ3n) is 1.72. The number of halogens is 1. The average molecular weight is 226 g/mol. The van der Waals surface area contributed by atoms with Crippen LogP contribution in [0.3, 0.4) is 0 Å². The Morgan fingerprint density at radius 2 is 2.17 bits per heavy atom. The first kappa shape index (κ1) is 9.49. The van der Waals surface area contributed by atoms with Crippen LogP contribution < -0.4 is 5.73 Å². The van der Waals surface area contributed by atoms with Gasteiger partial charge in [-0.2, -0.15) is 0 Å². The number of benzene rings is 1. The summed E-state index contributed by atoms with van der Waals surface area (Å²) < 4.78 is 1.12. The molecule has 0 saturated heterocycles. The highest BCUT2D eigenvalue weighted by Crippen LogP contribution is 2.22. The van der Waals surface area contributed by atoms with Crippen molar-refractivity contribution >= 4 is 21.5 Å². The standard InChI is InChI=1S/C10H12BrN/c1-8(6-7-12)9-4-2-3-5-10(9)11/h2-6H,7,12H2,1H3/b8-6-. The second-order valence-electron chi connectivity index (χ2n) is 2.60. The minimum atomic E-state index is 0.590. The van der Waals surface area contributed by atoms with Gasteiger partial charge in [-0.25, -0.2) is 0 Å². The maximum absolute atomic E-state index is 5.43. The van der Waals surface area contributed by atoms with Crippen molar-refractivity contribution in [3.63, 3.8) is 0 Å². The quantitative estimate of drug-likeness (QED) is 0.824. The molecule has 1 aromatic rings. The van der Waals surface area contributed by atoms with Crippen LogP contribution in [0.25, 0.3) is 5.57 Å². The molecule has 0 radical (unpaired) electrons. The maximum atomic E-state index is 5.43. The first-order chi connectivity index (χ1) is 5.75. The highest BCUT2D eigenvalue weighted by atomic mass is 79.9. The lowest BCUT2D eigenvalue weighted by atomic mass is 10.1. The molecular weight excluding hydrogens is 214 g/mol. The Hall–Kier alpha value is -0.600. The number of hydrogen-bond donors (Lipinski definition) is 1. The van der Waals surface area contributed by atoms with Crippen molar-refractivity contribution in [1.82, 2.24) is 0 Å². The summed E-state index contributed by atoms with van der Waals surface area (Å²) in [6.07, 6.45) is 2.01. The minimum Gasteiger partial charge on any atom is -0.327 e. The van der Waals surface area contributed by atoms with Gasteiger partial charge in [0.25, 0.3) is 0 Å². The van der Waals surface area contributed by atoms with E-state index in [2.05, 4.69) is 28.9 Å². The molecule has 0 unspecified atom stereocenters. The van der Waals surface area contributed by atoms with E-state index in [-0.39, 0.29) is 0 Å². The van der Waals surface area contributed by atoms with Crippen LogP contribution in [0.4, 0.5) is 0 Å². The Morgan fingerprint density at radius 3 is 2.75 bits per heavy atom. The van der Waals surface area contributed by atoms with E-state index in [1.54, 1.807) is 0 Å². The van der Waals surface area contributed by atoms with Gasteiger partial charge in [0.05, 0.1) is 0 Å². The van der Waals surface area contributed by atoms with E-state index in [4.69, 9.17) is 5.73 Å². The van der Waals surface area contributed by atoms with Gasteiger partial charge in [0.2, 0.25) is 0 Å². The fraction of sp³-hybridized carbons (Fsp3) is 0.200. The van der Waals surface area contributed by atoms with Gasteiger partial charge < -0.3 is 5.73 Å². The molecule has 0 aliphatic rings. The molecule has 0 spiro atoms. The summed E-state index contributed by atoms with van der Waals surface area (Å²) in [6, 6.07) is 8.13. The summed E-state index contributed by atoms with van der Waals surface area (Å²) in [7, 11) is 0. The van der Waals surface area contributed by atoms with Gasteiger partial charge >= 0.3 is 0 Å². The van der Waals surface area contributed by atoms with Crippen molar-refractivity contribution in [1.29, 1.82) is 0 Å². The van der Waals surface area contributed by atoms with E-state index in [1.807, 2.05) is 24.3 Å². The lowest BCUT2D eigenvalue weighted by Gasteiger charge is -2.03. The van der Waals surface area contributed by atoms with Crippen molar-refractivity contribution in [2.75, 3.05) is 6.54 Å². The molecule has 0 heterocycles. The zero-order valence-corrected chi connectivity index (χ0v) is 8.64. The van der Waals surface area contributed by atoms with Crippen LogP contribution in [0, 0.1) is 0 Å². The predicted octanol–water partition coefficient (Wildman–Crippen LogP) is 2.81. The van der Waals surface area contributed by atoms with Crippen LogP contribution in [0.15, 0.2) is 34.8 Å². The third kappa shape index (κ3) is 2.19. The van der Waals surface area contributed by atoms with Crippen LogP contribution in [0.2, 0.25) is 0 Å². The Bertz CT molecular complexity index is 292. The molecule has 0 aromatic heterocycles. The Labute approximate surface area is 81.4 Å². The summed E-state index contributed by atoms with van der Waals surface area (Å²) in [4.78, 5) is 0. The lowest BCUT2D eigenvalue weighted by molar-refractivity contribution is 1.25. The average Bonchev–Trinajstić information content (AvgIpc) is 2.05. The summed E-state index contributed by atoms with van der Waals surface area (Å²) >= 11 is 3.49. The molecule has 2 heteroatoms. The maximum Gasteiger partial charge on any atom is 0.0250 e. The van der Waals surface area contributed by atoms with Gasteiger partial charge in [0.1, 0.15) is 0 Å². The molecule has 1 rings (SSSR count). The Kier molecular flexibility index (Phi) is 3.50. The molecule has 0 aliphatic carbocycles. The number of allylic oxidation sites excluding steroid dienone is 1. The second-order valence-corrected chi connectivity index (χ2v) is 3.46. The molecule has 0 atom stereocenters. The third-order valence-corrected chi connectivity index (χ3v) is 2.41. The molecule has 64 valence electrons. The minimum absolute atomic E-state index is 0.590. The molecule has 1 nitrogen and oxygen atoms in total. The zero-order valence-electron chi connectivity index (χ0n) is 7.05. The van der Waals surface area contributed by atoms with Gasteiger partial charge in [0.15, 0.2) is 0 Å². The molecule has 12 heavy (non-hydrogen) atoms. The van der Waals surface area contributed by atoms with Crippen molar-refractivity contribution in [3.05, 3.63) is 40.4 Å². The van der Waals surface area contributed by atoms with Crippen molar-refractivity contribution < 1.29 is 0 Å². The molecule has 0 saturated carbocycles. The molecule has 0 bridgehead atoms. The van der Waals surface area contributed by atoms with Crippen molar-refractivity contribution in [3.8, 4) is 0 Å². The Morgan fingerprint density at radius 1 is 1.50 bits per heavy atom. The fourth-order valence-electron chi connectivity index (χ4n) is 1.07. The first-order valence-electron chi connectivity index (χ1n) is 3.87. The molecular formula is C10H12BrN. The van der Waals surface area contributed by atoms with Crippen LogP contribution in [0.1, 0.15) is 12.5 Å². The number of nitrogens with two attached hydrogens (primary N) is 1. The molecule has 1 aromatic carbocycles. The number of rotatable bonds is 2. The van der Waals surface area contributed by atoms with E-state index >= 15 is 0 Å².